The lowest BCUT2D eigenvalue weighted by atomic mass is 10.0. The van der Waals surface area contributed by atoms with Crippen LogP contribution in [0.25, 0.3) is 0 Å². The Labute approximate surface area is 171 Å². The molecule has 6 heteroatoms. The fraction of sp³-hybridized carbons (Fsp3) is 0.409. The standard InChI is InChI=1S/C22H27ClN4O/c1-2-25-10-12-26(13-11-25)21-5-3-4-20(15-21)24-22(28)27-9-8-17-14-19(23)7-6-18(17)16-27/h3-7,14-15H,2,8-13,16H2,1H3,(H,24,28). The molecule has 0 aromatic heterocycles. The molecular weight excluding hydrogens is 372 g/mol. The van der Waals surface area contributed by atoms with Crippen molar-refractivity contribution in [2.24, 2.45) is 0 Å². The molecule has 0 bridgehead atoms. The summed E-state index contributed by atoms with van der Waals surface area (Å²) in [6, 6.07) is 14.1. The van der Waals surface area contributed by atoms with Crippen LogP contribution in [0.4, 0.5) is 16.2 Å². The van der Waals surface area contributed by atoms with Gasteiger partial charge >= 0.3 is 6.03 Å². The molecule has 0 radical (unpaired) electrons. The monoisotopic (exact) mass is 398 g/mol. The van der Waals surface area contributed by atoms with E-state index in [0.717, 1.165) is 49.9 Å². The summed E-state index contributed by atoms with van der Waals surface area (Å²) in [6.07, 6.45) is 0.838. The first-order valence-electron chi connectivity index (χ1n) is 10.0. The number of amides is 2. The maximum atomic E-state index is 12.8. The molecule has 0 aliphatic carbocycles. The summed E-state index contributed by atoms with van der Waals surface area (Å²) < 4.78 is 0. The number of hydrogen-bond acceptors (Lipinski definition) is 3. The van der Waals surface area contributed by atoms with E-state index in [9.17, 15) is 4.79 Å². The van der Waals surface area contributed by atoms with Crippen LogP contribution in [0.5, 0.6) is 0 Å². The van der Waals surface area contributed by atoms with Crippen LogP contribution in [0, 0.1) is 0 Å². The highest BCUT2D eigenvalue weighted by Gasteiger charge is 2.21. The summed E-state index contributed by atoms with van der Waals surface area (Å²) in [6.45, 7) is 8.87. The van der Waals surface area contributed by atoms with Gasteiger partial charge in [-0.1, -0.05) is 30.7 Å². The van der Waals surface area contributed by atoms with Crippen molar-refractivity contribution >= 4 is 29.0 Å². The number of rotatable bonds is 3. The molecule has 0 unspecified atom stereocenters. The fourth-order valence-electron chi connectivity index (χ4n) is 4.00. The number of benzene rings is 2. The van der Waals surface area contributed by atoms with E-state index in [1.54, 1.807) is 0 Å². The molecule has 2 aromatic rings. The van der Waals surface area contributed by atoms with Gasteiger partial charge in [0.2, 0.25) is 0 Å². The maximum absolute atomic E-state index is 12.8. The number of fused-ring (bicyclic) bond motifs is 1. The van der Waals surface area contributed by atoms with Gasteiger partial charge in [0.25, 0.3) is 0 Å². The van der Waals surface area contributed by atoms with Crippen LogP contribution in [0.1, 0.15) is 18.1 Å². The van der Waals surface area contributed by atoms with Gasteiger partial charge in [0.1, 0.15) is 0 Å². The van der Waals surface area contributed by atoms with E-state index >= 15 is 0 Å². The van der Waals surface area contributed by atoms with Crippen LogP contribution in [-0.4, -0.2) is 55.1 Å². The average molecular weight is 399 g/mol. The van der Waals surface area contributed by atoms with Crippen LogP contribution in [0.2, 0.25) is 5.02 Å². The Balaban J connectivity index is 1.39. The summed E-state index contributed by atoms with van der Waals surface area (Å²) in [5.74, 6) is 0. The number of hydrogen-bond donors (Lipinski definition) is 1. The van der Waals surface area contributed by atoms with Crippen LogP contribution in [0.15, 0.2) is 42.5 Å². The third kappa shape index (κ3) is 4.26. The average Bonchev–Trinajstić information content (AvgIpc) is 2.73. The number of urea groups is 1. The van der Waals surface area contributed by atoms with E-state index < -0.39 is 0 Å². The lowest BCUT2D eigenvalue weighted by Gasteiger charge is -2.35. The second-order valence-electron chi connectivity index (χ2n) is 7.49. The molecule has 1 N–H and O–H groups in total. The van der Waals surface area contributed by atoms with Crippen molar-refractivity contribution < 1.29 is 4.79 Å². The van der Waals surface area contributed by atoms with E-state index in [2.05, 4.69) is 34.2 Å². The highest BCUT2D eigenvalue weighted by atomic mass is 35.5. The van der Waals surface area contributed by atoms with Crippen molar-refractivity contribution in [1.82, 2.24) is 9.80 Å². The highest BCUT2D eigenvalue weighted by molar-refractivity contribution is 6.30. The van der Waals surface area contributed by atoms with Crippen molar-refractivity contribution in [3.63, 3.8) is 0 Å². The Hall–Kier alpha value is -2.24. The van der Waals surface area contributed by atoms with Gasteiger partial charge in [0.05, 0.1) is 0 Å². The molecule has 2 aliphatic heterocycles. The Kier molecular flexibility index (Phi) is 5.74. The topological polar surface area (TPSA) is 38.8 Å². The molecule has 4 rings (SSSR count). The predicted molar refractivity (Wildman–Crippen MR) is 115 cm³/mol. The predicted octanol–water partition coefficient (Wildman–Crippen LogP) is 4.07. The summed E-state index contributed by atoms with van der Waals surface area (Å²) >= 11 is 6.08. The van der Waals surface area contributed by atoms with E-state index in [0.29, 0.717) is 13.1 Å². The summed E-state index contributed by atoms with van der Waals surface area (Å²) in [5, 5.41) is 3.83. The quantitative estimate of drug-likeness (QED) is 0.846. The third-order valence-electron chi connectivity index (χ3n) is 5.75. The molecule has 2 aliphatic rings. The van der Waals surface area contributed by atoms with E-state index in [1.165, 1.54) is 16.8 Å². The maximum Gasteiger partial charge on any atom is 0.322 e. The SMILES string of the molecule is CCN1CCN(c2cccc(NC(=O)N3CCc4cc(Cl)ccc4C3)c2)CC1. The number of anilines is 2. The van der Waals surface area contributed by atoms with Crippen LogP contribution in [0.3, 0.4) is 0 Å². The molecule has 0 atom stereocenters. The molecule has 2 heterocycles. The van der Waals surface area contributed by atoms with E-state index in [-0.39, 0.29) is 6.03 Å². The van der Waals surface area contributed by atoms with Gasteiger partial charge in [0, 0.05) is 55.7 Å². The number of carbonyl (C=O) groups is 1. The fourth-order valence-corrected chi connectivity index (χ4v) is 4.19. The Morgan fingerprint density at radius 2 is 1.86 bits per heavy atom. The number of piperazine rings is 1. The zero-order chi connectivity index (χ0) is 19.5. The molecule has 1 fully saturated rings. The van der Waals surface area contributed by atoms with Crippen molar-refractivity contribution in [2.75, 3.05) is 49.5 Å². The number of halogens is 1. The molecule has 0 saturated carbocycles. The smallest absolute Gasteiger partial charge is 0.322 e. The normalized spacial score (nSPS) is 17.4. The Bertz CT molecular complexity index is 848. The van der Waals surface area contributed by atoms with Gasteiger partial charge in [-0.15, -0.1) is 0 Å². The van der Waals surface area contributed by atoms with E-state index in [4.69, 9.17) is 11.6 Å². The van der Waals surface area contributed by atoms with Gasteiger partial charge < -0.3 is 20.0 Å². The first-order chi connectivity index (χ1) is 13.6. The molecule has 1 saturated heterocycles. The lowest BCUT2D eigenvalue weighted by molar-refractivity contribution is 0.206. The summed E-state index contributed by atoms with van der Waals surface area (Å²) in [5.41, 5.74) is 4.44. The van der Waals surface area contributed by atoms with Gasteiger partial charge in [-0.25, -0.2) is 4.79 Å². The Morgan fingerprint density at radius 1 is 1.04 bits per heavy atom. The summed E-state index contributed by atoms with van der Waals surface area (Å²) in [4.78, 5) is 19.5. The molecule has 148 valence electrons. The molecule has 2 amide bonds. The number of nitrogens with one attached hydrogen (secondary N) is 1. The second-order valence-corrected chi connectivity index (χ2v) is 7.92. The zero-order valence-corrected chi connectivity index (χ0v) is 17.1. The number of carbonyl (C=O) groups excluding carboxylic acids is 1. The molecule has 28 heavy (non-hydrogen) atoms. The van der Waals surface area contributed by atoms with Gasteiger partial charge in [-0.3, -0.25) is 0 Å². The second kappa shape index (κ2) is 8.41. The van der Waals surface area contributed by atoms with Crippen LogP contribution in [-0.2, 0) is 13.0 Å². The van der Waals surface area contributed by atoms with Crippen molar-refractivity contribution in [1.29, 1.82) is 0 Å². The van der Waals surface area contributed by atoms with E-state index in [1.807, 2.05) is 35.2 Å². The minimum absolute atomic E-state index is 0.0476. The molecular formula is C22H27ClN4O. The van der Waals surface area contributed by atoms with Crippen LogP contribution < -0.4 is 10.2 Å². The first-order valence-corrected chi connectivity index (χ1v) is 10.4. The third-order valence-corrected chi connectivity index (χ3v) is 5.98. The van der Waals surface area contributed by atoms with Crippen molar-refractivity contribution in [3.05, 3.63) is 58.6 Å². The largest absolute Gasteiger partial charge is 0.369 e. The van der Waals surface area contributed by atoms with Gasteiger partial charge in [-0.05, 0) is 54.4 Å². The highest BCUT2D eigenvalue weighted by Crippen LogP contribution is 2.24. The molecule has 0 spiro atoms. The number of nitrogens with zero attached hydrogens (tertiary/aromatic N) is 3. The molecule has 5 nitrogen and oxygen atoms in total. The summed E-state index contributed by atoms with van der Waals surface area (Å²) in [7, 11) is 0. The van der Waals surface area contributed by atoms with Crippen molar-refractivity contribution in [2.45, 2.75) is 19.9 Å². The Morgan fingerprint density at radius 3 is 2.64 bits per heavy atom. The zero-order valence-electron chi connectivity index (χ0n) is 16.3. The first kappa shape index (κ1) is 19.1. The molecule has 2 aromatic carbocycles. The van der Waals surface area contributed by atoms with Crippen LogP contribution >= 0.6 is 11.6 Å². The van der Waals surface area contributed by atoms with Crippen molar-refractivity contribution in [3.8, 4) is 0 Å². The lowest BCUT2D eigenvalue weighted by Crippen LogP contribution is -2.46. The minimum Gasteiger partial charge on any atom is -0.369 e. The van der Waals surface area contributed by atoms with Gasteiger partial charge in [0.15, 0.2) is 0 Å². The minimum atomic E-state index is -0.0476. The van der Waals surface area contributed by atoms with Gasteiger partial charge in [-0.2, -0.15) is 0 Å². The number of likely N-dealkylation sites (N-methyl/N-ethyl adjacent to an activating group) is 1.